The van der Waals surface area contributed by atoms with Crippen LogP contribution in [0.3, 0.4) is 0 Å². The number of halogens is 1. The van der Waals surface area contributed by atoms with Gasteiger partial charge in [0.1, 0.15) is 17.1 Å². The number of nitrogens with one attached hydrogen (secondary N) is 1. The molecular formula is C21H21FN6O. The number of benzene rings is 1. The Labute approximate surface area is 167 Å². The molecule has 4 rings (SSSR count). The maximum Gasteiger partial charge on any atom is 0.166 e. The molecule has 0 radical (unpaired) electrons. The third kappa shape index (κ3) is 4.01. The Balaban J connectivity index is 1.68. The second kappa shape index (κ2) is 7.83. The van der Waals surface area contributed by atoms with Crippen LogP contribution in [-0.4, -0.2) is 36.2 Å². The Bertz CT molecular complexity index is 1140. The molecule has 3 aromatic heterocycles. The SMILES string of the molecule is CC(C)n1cnc2c(NCCc3ccc(O)cc3)nc(-c3cncc(F)c3)nc21. The van der Waals surface area contributed by atoms with Crippen molar-refractivity contribution < 1.29 is 9.50 Å². The summed E-state index contributed by atoms with van der Waals surface area (Å²) in [7, 11) is 0. The molecule has 0 fully saturated rings. The zero-order valence-electron chi connectivity index (χ0n) is 16.2. The van der Waals surface area contributed by atoms with Crippen LogP contribution >= 0.6 is 0 Å². The third-order valence-electron chi connectivity index (χ3n) is 4.58. The van der Waals surface area contributed by atoms with E-state index in [2.05, 4.69) is 25.3 Å². The lowest BCUT2D eigenvalue weighted by molar-refractivity contribution is 0.475. The molecular weight excluding hydrogens is 371 g/mol. The van der Waals surface area contributed by atoms with Crippen LogP contribution in [0.4, 0.5) is 10.2 Å². The molecule has 0 saturated heterocycles. The minimum Gasteiger partial charge on any atom is -0.508 e. The lowest BCUT2D eigenvalue weighted by Crippen LogP contribution is -2.09. The Kier molecular flexibility index (Phi) is 5.07. The van der Waals surface area contributed by atoms with Crippen LogP contribution < -0.4 is 5.32 Å². The number of nitrogens with zero attached hydrogens (tertiary/aromatic N) is 5. The van der Waals surface area contributed by atoms with Crippen LogP contribution in [-0.2, 0) is 6.42 Å². The Morgan fingerprint density at radius 2 is 1.93 bits per heavy atom. The molecule has 8 heteroatoms. The molecule has 0 spiro atoms. The fraction of sp³-hybridized carbons (Fsp3) is 0.238. The number of pyridine rings is 1. The fourth-order valence-electron chi connectivity index (χ4n) is 3.07. The van der Waals surface area contributed by atoms with Crippen molar-refractivity contribution in [2.75, 3.05) is 11.9 Å². The molecule has 1 aromatic carbocycles. The molecule has 0 saturated carbocycles. The van der Waals surface area contributed by atoms with Crippen LogP contribution in [0, 0.1) is 5.82 Å². The summed E-state index contributed by atoms with van der Waals surface area (Å²) >= 11 is 0. The van der Waals surface area contributed by atoms with Crippen molar-refractivity contribution in [2.45, 2.75) is 26.3 Å². The maximum absolute atomic E-state index is 13.7. The molecule has 0 atom stereocenters. The van der Waals surface area contributed by atoms with E-state index in [4.69, 9.17) is 0 Å². The number of anilines is 1. The van der Waals surface area contributed by atoms with Gasteiger partial charge in [0.25, 0.3) is 0 Å². The Morgan fingerprint density at radius 3 is 2.66 bits per heavy atom. The number of aromatic hydroxyl groups is 1. The smallest absolute Gasteiger partial charge is 0.166 e. The molecule has 0 aliphatic carbocycles. The zero-order valence-corrected chi connectivity index (χ0v) is 16.2. The van der Waals surface area contributed by atoms with Gasteiger partial charge >= 0.3 is 0 Å². The molecule has 0 unspecified atom stereocenters. The second-order valence-electron chi connectivity index (χ2n) is 7.05. The van der Waals surface area contributed by atoms with Gasteiger partial charge in [-0.25, -0.2) is 19.3 Å². The van der Waals surface area contributed by atoms with Gasteiger partial charge in [0.15, 0.2) is 17.3 Å². The van der Waals surface area contributed by atoms with E-state index in [0.29, 0.717) is 34.9 Å². The molecule has 148 valence electrons. The molecule has 0 amide bonds. The van der Waals surface area contributed by atoms with Gasteiger partial charge in [-0.05, 0) is 44.0 Å². The van der Waals surface area contributed by atoms with Crippen molar-refractivity contribution in [2.24, 2.45) is 0 Å². The van der Waals surface area contributed by atoms with Gasteiger partial charge in [-0.15, -0.1) is 0 Å². The summed E-state index contributed by atoms with van der Waals surface area (Å²) in [4.78, 5) is 17.6. The van der Waals surface area contributed by atoms with E-state index in [1.165, 1.54) is 6.07 Å². The Hall–Kier alpha value is -3.55. The fourth-order valence-corrected chi connectivity index (χ4v) is 3.07. The van der Waals surface area contributed by atoms with Crippen molar-refractivity contribution in [3.05, 3.63) is 60.4 Å². The minimum absolute atomic E-state index is 0.165. The van der Waals surface area contributed by atoms with Crippen molar-refractivity contribution >= 4 is 17.0 Å². The predicted molar refractivity (Wildman–Crippen MR) is 109 cm³/mol. The second-order valence-corrected chi connectivity index (χ2v) is 7.05. The standard InChI is InChI=1S/C21H21FN6O/c1-13(2)28-12-25-18-20(24-8-7-14-3-5-17(29)6-4-14)26-19(27-21(18)28)15-9-16(22)11-23-10-15/h3-6,9-13,29H,7-8H2,1-2H3,(H,24,26,27). The molecule has 0 bridgehead atoms. The van der Waals surface area contributed by atoms with Gasteiger partial charge in [0, 0.05) is 24.3 Å². The van der Waals surface area contributed by atoms with Crippen molar-refractivity contribution in [1.82, 2.24) is 24.5 Å². The van der Waals surface area contributed by atoms with Gasteiger partial charge in [-0.1, -0.05) is 12.1 Å². The highest BCUT2D eigenvalue weighted by Gasteiger charge is 2.16. The lowest BCUT2D eigenvalue weighted by atomic mass is 10.1. The average molecular weight is 392 g/mol. The van der Waals surface area contributed by atoms with E-state index in [9.17, 15) is 9.50 Å². The van der Waals surface area contributed by atoms with Gasteiger partial charge in [0.05, 0.1) is 12.5 Å². The first kappa shape index (κ1) is 18.8. The average Bonchev–Trinajstić information content (AvgIpc) is 3.14. The monoisotopic (exact) mass is 392 g/mol. The number of phenols is 1. The number of hydrogen-bond donors (Lipinski definition) is 2. The lowest BCUT2D eigenvalue weighted by Gasteiger charge is -2.11. The third-order valence-corrected chi connectivity index (χ3v) is 4.58. The Morgan fingerprint density at radius 1 is 1.14 bits per heavy atom. The number of rotatable bonds is 6. The summed E-state index contributed by atoms with van der Waals surface area (Å²) in [5, 5.41) is 12.7. The van der Waals surface area contributed by atoms with E-state index < -0.39 is 5.82 Å². The summed E-state index contributed by atoms with van der Waals surface area (Å²) in [6, 6.07) is 8.62. The summed E-state index contributed by atoms with van der Waals surface area (Å²) in [5.74, 6) is 0.781. The van der Waals surface area contributed by atoms with E-state index >= 15 is 0 Å². The van der Waals surface area contributed by atoms with Gasteiger partial charge in [-0.2, -0.15) is 0 Å². The van der Waals surface area contributed by atoms with Crippen LogP contribution in [0.25, 0.3) is 22.6 Å². The molecule has 4 aromatic rings. The van der Waals surface area contributed by atoms with Gasteiger partial charge in [-0.3, -0.25) is 4.98 Å². The summed E-state index contributed by atoms with van der Waals surface area (Å²) in [6.45, 7) is 4.71. The molecule has 7 nitrogen and oxygen atoms in total. The number of hydrogen-bond acceptors (Lipinski definition) is 6. The molecule has 29 heavy (non-hydrogen) atoms. The first-order valence-electron chi connectivity index (χ1n) is 9.38. The number of aromatic nitrogens is 5. The normalized spacial score (nSPS) is 11.3. The summed E-state index contributed by atoms with van der Waals surface area (Å²) < 4.78 is 15.6. The summed E-state index contributed by atoms with van der Waals surface area (Å²) in [5.41, 5.74) is 2.94. The molecule has 0 aliphatic rings. The molecule has 0 aliphatic heterocycles. The highest BCUT2D eigenvalue weighted by molar-refractivity contribution is 5.85. The van der Waals surface area contributed by atoms with Crippen LogP contribution in [0.5, 0.6) is 5.75 Å². The maximum atomic E-state index is 13.7. The van der Waals surface area contributed by atoms with E-state index in [-0.39, 0.29) is 11.8 Å². The van der Waals surface area contributed by atoms with Crippen molar-refractivity contribution in [3.8, 4) is 17.1 Å². The quantitative estimate of drug-likeness (QED) is 0.516. The van der Waals surface area contributed by atoms with Gasteiger partial charge in [0.2, 0.25) is 0 Å². The minimum atomic E-state index is -0.439. The first-order valence-corrected chi connectivity index (χ1v) is 9.38. The van der Waals surface area contributed by atoms with E-state index in [1.807, 2.05) is 30.5 Å². The van der Waals surface area contributed by atoms with Crippen molar-refractivity contribution in [3.63, 3.8) is 0 Å². The first-order chi connectivity index (χ1) is 14.0. The van der Waals surface area contributed by atoms with E-state index in [0.717, 1.165) is 18.2 Å². The summed E-state index contributed by atoms with van der Waals surface area (Å²) in [6.07, 6.45) is 5.17. The molecule has 3 heterocycles. The van der Waals surface area contributed by atoms with E-state index in [1.54, 1.807) is 24.7 Å². The largest absolute Gasteiger partial charge is 0.508 e. The van der Waals surface area contributed by atoms with Crippen molar-refractivity contribution in [1.29, 1.82) is 0 Å². The molecule has 2 N–H and O–H groups in total. The highest BCUT2D eigenvalue weighted by Crippen LogP contribution is 2.26. The van der Waals surface area contributed by atoms with Crippen LogP contribution in [0.2, 0.25) is 0 Å². The van der Waals surface area contributed by atoms with Gasteiger partial charge < -0.3 is 15.0 Å². The zero-order chi connectivity index (χ0) is 20.4. The number of phenolic OH excluding ortho intramolecular Hbond substituents is 1. The van der Waals surface area contributed by atoms with Crippen LogP contribution in [0.15, 0.2) is 49.1 Å². The van der Waals surface area contributed by atoms with Crippen LogP contribution in [0.1, 0.15) is 25.5 Å². The highest BCUT2D eigenvalue weighted by atomic mass is 19.1. The number of fused-ring (bicyclic) bond motifs is 1. The number of imidazole rings is 1. The topological polar surface area (TPSA) is 88.8 Å². The predicted octanol–water partition coefficient (Wildman–Crippen LogP) is 3.97.